The summed E-state index contributed by atoms with van der Waals surface area (Å²) in [5, 5.41) is 0. The van der Waals surface area contributed by atoms with Crippen LogP contribution in [-0.4, -0.2) is 57.6 Å². The first-order valence-electron chi connectivity index (χ1n) is 6.97. The van der Waals surface area contributed by atoms with E-state index in [0.29, 0.717) is 13.2 Å². The molecule has 112 valence electrons. The number of nitrogens with two attached hydrogens (primary N) is 1. The lowest BCUT2D eigenvalue weighted by atomic mass is 10.2. The zero-order chi connectivity index (χ0) is 14.4. The highest BCUT2D eigenvalue weighted by atomic mass is 16.5. The summed E-state index contributed by atoms with van der Waals surface area (Å²) < 4.78 is 16.7. The predicted octanol–water partition coefficient (Wildman–Crippen LogP) is 0.870. The Kier molecular flexibility index (Phi) is 5.79. The second-order valence-electron chi connectivity index (χ2n) is 4.97. The molecule has 2 unspecified atom stereocenters. The third kappa shape index (κ3) is 3.70. The standard InChI is InChI=1S/C15H24N2O3/c1-18-14-10-17(11-15(14)19-2)7-8-20-13-6-4-3-5-12(13)9-16/h3-6,14-15H,7-11,16H2,1-2H3. The van der Waals surface area contributed by atoms with Crippen LogP contribution in [-0.2, 0) is 16.0 Å². The molecule has 1 aromatic carbocycles. The fourth-order valence-electron chi connectivity index (χ4n) is 2.55. The van der Waals surface area contributed by atoms with Gasteiger partial charge in [-0.05, 0) is 6.07 Å². The highest BCUT2D eigenvalue weighted by Gasteiger charge is 2.32. The number of methoxy groups -OCH3 is 2. The Labute approximate surface area is 120 Å². The summed E-state index contributed by atoms with van der Waals surface area (Å²) in [7, 11) is 3.46. The lowest BCUT2D eigenvalue weighted by molar-refractivity contribution is -0.00461. The average molecular weight is 280 g/mol. The summed E-state index contributed by atoms with van der Waals surface area (Å²) in [5.41, 5.74) is 6.73. The second-order valence-corrected chi connectivity index (χ2v) is 4.97. The maximum atomic E-state index is 5.82. The molecule has 1 aromatic rings. The number of likely N-dealkylation sites (tertiary alicyclic amines) is 1. The van der Waals surface area contributed by atoms with Crippen LogP contribution >= 0.6 is 0 Å². The summed E-state index contributed by atoms with van der Waals surface area (Å²) >= 11 is 0. The molecular weight excluding hydrogens is 256 g/mol. The first kappa shape index (κ1) is 15.3. The Balaban J connectivity index is 1.79. The summed E-state index contributed by atoms with van der Waals surface area (Å²) in [6.07, 6.45) is 0.299. The first-order chi connectivity index (χ1) is 9.78. The van der Waals surface area contributed by atoms with Gasteiger partial charge in [0.2, 0.25) is 0 Å². The smallest absolute Gasteiger partial charge is 0.123 e. The van der Waals surface area contributed by atoms with Crippen LogP contribution in [0.5, 0.6) is 5.75 Å². The molecule has 1 fully saturated rings. The van der Waals surface area contributed by atoms with Gasteiger partial charge in [0, 0.05) is 46.0 Å². The SMILES string of the molecule is COC1CN(CCOc2ccccc2CN)CC1OC. The Morgan fingerprint density at radius 2 is 1.80 bits per heavy atom. The molecule has 0 radical (unpaired) electrons. The van der Waals surface area contributed by atoms with Crippen molar-refractivity contribution >= 4 is 0 Å². The van der Waals surface area contributed by atoms with Crippen LogP contribution in [0.4, 0.5) is 0 Å². The monoisotopic (exact) mass is 280 g/mol. The van der Waals surface area contributed by atoms with Gasteiger partial charge in [-0.25, -0.2) is 0 Å². The highest BCUT2D eigenvalue weighted by Crippen LogP contribution is 2.18. The van der Waals surface area contributed by atoms with E-state index in [2.05, 4.69) is 4.90 Å². The Bertz CT molecular complexity index is 402. The van der Waals surface area contributed by atoms with Gasteiger partial charge in [-0.15, -0.1) is 0 Å². The molecule has 5 nitrogen and oxygen atoms in total. The molecular formula is C15H24N2O3. The van der Waals surface area contributed by atoms with Gasteiger partial charge in [-0.3, -0.25) is 4.90 Å². The van der Waals surface area contributed by atoms with Gasteiger partial charge in [0.25, 0.3) is 0 Å². The van der Waals surface area contributed by atoms with Gasteiger partial charge in [-0.1, -0.05) is 18.2 Å². The van der Waals surface area contributed by atoms with E-state index < -0.39 is 0 Å². The normalized spacial score (nSPS) is 23.1. The minimum absolute atomic E-state index is 0.149. The number of hydrogen-bond acceptors (Lipinski definition) is 5. The molecule has 5 heteroatoms. The molecule has 20 heavy (non-hydrogen) atoms. The van der Waals surface area contributed by atoms with Crippen molar-refractivity contribution in [2.24, 2.45) is 5.73 Å². The number of benzene rings is 1. The number of ether oxygens (including phenoxy) is 3. The Hall–Kier alpha value is -1.14. The van der Waals surface area contributed by atoms with Crippen LogP contribution in [0.1, 0.15) is 5.56 Å². The van der Waals surface area contributed by atoms with Gasteiger partial charge in [0.1, 0.15) is 12.4 Å². The van der Waals surface area contributed by atoms with Gasteiger partial charge in [0.15, 0.2) is 0 Å². The molecule has 0 aromatic heterocycles. The number of hydrogen-bond donors (Lipinski definition) is 1. The van der Waals surface area contributed by atoms with E-state index >= 15 is 0 Å². The average Bonchev–Trinajstić information content (AvgIpc) is 2.90. The molecule has 0 spiro atoms. The molecule has 1 aliphatic rings. The van der Waals surface area contributed by atoms with Crippen molar-refractivity contribution in [3.63, 3.8) is 0 Å². The zero-order valence-corrected chi connectivity index (χ0v) is 12.2. The van der Waals surface area contributed by atoms with Crippen molar-refractivity contribution in [2.75, 3.05) is 40.5 Å². The number of rotatable bonds is 7. The third-order valence-corrected chi connectivity index (χ3v) is 3.75. The van der Waals surface area contributed by atoms with Crippen LogP contribution in [0.3, 0.4) is 0 Å². The molecule has 2 N–H and O–H groups in total. The third-order valence-electron chi connectivity index (χ3n) is 3.75. The minimum atomic E-state index is 0.149. The van der Waals surface area contributed by atoms with Gasteiger partial charge in [-0.2, -0.15) is 0 Å². The quantitative estimate of drug-likeness (QED) is 0.803. The number of para-hydroxylation sites is 1. The fraction of sp³-hybridized carbons (Fsp3) is 0.600. The van der Waals surface area contributed by atoms with E-state index in [0.717, 1.165) is 30.9 Å². The van der Waals surface area contributed by atoms with Crippen molar-refractivity contribution in [3.05, 3.63) is 29.8 Å². The van der Waals surface area contributed by atoms with E-state index in [1.165, 1.54) is 0 Å². The van der Waals surface area contributed by atoms with Gasteiger partial charge >= 0.3 is 0 Å². The van der Waals surface area contributed by atoms with E-state index in [-0.39, 0.29) is 12.2 Å². The minimum Gasteiger partial charge on any atom is -0.492 e. The predicted molar refractivity (Wildman–Crippen MR) is 77.9 cm³/mol. The number of nitrogens with zero attached hydrogens (tertiary/aromatic N) is 1. The fourth-order valence-corrected chi connectivity index (χ4v) is 2.55. The molecule has 0 amide bonds. The van der Waals surface area contributed by atoms with Crippen LogP contribution in [0.25, 0.3) is 0 Å². The lowest BCUT2D eigenvalue weighted by Gasteiger charge is -2.16. The van der Waals surface area contributed by atoms with E-state index in [1.807, 2.05) is 24.3 Å². The summed E-state index contributed by atoms with van der Waals surface area (Å²) in [4.78, 5) is 2.30. The molecule has 2 atom stereocenters. The maximum absolute atomic E-state index is 5.82. The van der Waals surface area contributed by atoms with Crippen LogP contribution in [0, 0.1) is 0 Å². The van der Waals surface area contributed by atoms with E-state index in [4.69, 9.17) is 19.9 Å². The van der Waals surface area contributed by atoms with Crippen molar-refractivity contribution in [3.8, 4) is 5.75 Å². The Morgan fingerprint density at radius 3 is 2.40 bits per heavy atom. The lowest BCUT2D eigenvalue weighted by Crippen LogP contribution is -2.27. The molecule has 0 aliphatic carbocycles. The van der Waals surface area contributed by atoms with Crippen LogP contribution in [0.15, 0.2) is 24.3 Å². The molecule has 2 rings (SSSR count). The molecule has 0 bridgehead atoms. The molecule has 1 saturated heterocycles. The Morgan fingerprint density at radius 1 is 1.15 bits per heavy atom. The molecule has 1 heterocycles. The van der Waals surface area contributed by atoms with Crippen molar-refractivity contribution < 1.29 is 14.2 Å². The summed E-state index contributed by atoms with van der Waals surface area (Å²) in [6.45, 7) is 3.77. The van der Waals surface area contributed by atoms with Crippen molar-refractivity contribution in [2.45, 2.75) is 18.8 Å². The topological polar surface area (TPSA) is 57.0 Å². The van der Waals surface area contributed by atoms with Crippen LogP contribution in [0.2, 0.25) is 0 Å². The zero-order valence-electron chi connectivity index (χ0n) is 12.2. The van der Waals surface area contributed by atoms with E-state index in [9.17, 15) is 0 Å². The van der Waals surface area contributed by atoms with E-state index in [1.54, 1.807) is 14.2 Å². The van der Waals surface area contributed by atoms with Gasteiger partial charge in [0.05, 0.1) is 12.2 Å². The second kappa shape index (κ2) is 7.59. The molecule has 0 saturated carbocycles. The van der Waals surface area contributed by atoms with Crippen LogP contribution < -0.4 is 10.5 Å². The maximum Gasteiger partial charge on any atom is 0.123 e. The highest BCUT2D eigenvalue weighted by molar-refractivity contribution is 5.32. The van der Waals surface area contributed by atoms with Gasteiger partial charge < -0.3 is 19.9 Å². The molecule has 1 aliphatic heterocycles. The van der Waals surface area contributed by atoms with Crippen molar-refractivity contribution in [1.82, 2.24) is 4.90 Å². The summed E-state index contributed by atoms with van der Waals surface area (Å²) in [6, 6.07) is 7.89. The summed E-state index contributed by atoms with van der Waals surface area (Å²) in [5.74, 6) is 0.876. The first-order valence-corrected chi connectivity index (χ1v) is 6.97. The van der Waals surface area contributed by atoms with Crippen molar-refractivity contribution in [1.29, 1.82) is 0 Å². The largest absolute Gasteiger partial charge is 0.492 e.